The molecule has 2 atom stereocenters. The molecule has 1 aliphatic heterocycles. The van der Waals surface area contributed by atoms with Gasteiger partial charge >= 0.3 is 0 Å². The molecule has 178 valence electrons. The summed E-state index contributed by atoms with van der Waals surface area (Å²) in [5.41, 5.74) is -0.105. The van der Waals surface area contributed by atoms with Gasteiger partial charge in [0.1, 0.15) is 11.6 Å². The Balaban J connectivity index is 1.91. The van der Waals surface area contributed by atoms with Gasteiger partial charge in [-0.2, -0.15) is 0 Å². The molecule has 0 amide bonds. The van der Waals surface area contributed by atoms with E-state index in [0.717, 1.165) is 25.3 Å². The molecule has 1 aromatic carbocycles. The minimum absolute atomic E-state index is 0.105. The van der Waals surface area contributed by atoms with Gasteiger partial charge < -0.3 is 9.16 Å². The van der Waals surface area contributed by atoms with Crippen LogP contribution in [0.25, 0.3) is 0 Å². The van der Waals surface area contributed by atoms with E-state index in [1.807, 2.05) is 13.1 Å². The molecule has 0 bridgehead atoms. The van der Waals surface area contributed by atoms with Crippen molar-refractivity contribution in [3.63, 3.8) is 0 Å². The minimum atomic E-state index is -2.38. The van der Waals surface area contributed by atoms with Crippen LogP contribution in [0.15, 0.2) is 16.9 Å². The molecule has 1 fully saturated rings. The zero-order chi connectivity index (χ0) is 23.7. The zero-order valence-electron chi connectivity index (χ0n) is 19.2. The highest BCUT2D eigenvalue weighted by molar-refractivity contribution is 9.10. The number of halogens is 4. The van der Waals surface area contributed by atoms with Crippen LogP contribution in [-0.4, -0.2) is 29.7 Å². The van der Waals surface area contributed by atoms with Crippen LogP contribution in [0.1, 0.15) is 70.2 Å². The lowest BCUT2D eigenvalue weighted by Crippen LogP contribution is -2.42. The molecule has 0 saturated carbocycles. The lowest BCUT2D eigenvalue weighted by molar-refractivity contribution is -0.0417. The van der Waals surface area contributed by atoms with Gasteiger partial charge in [0.2, 0.25) is 4.73 Å². The Morgan fingerprint density at radius 2 is 1.97 bits per heavy atom. The smallest absolute Gasteiger partial charge is 0.217 e. The molecule has 2 aromatic rings. The van der Waals surface area contributed by atoms with E-state index < -0.39 is 31.9 Å². The number of ether oxygens (including phenoxy) is 1. The summed E-state index contributed by atoms with van der Waals surface area (Å²) in [6.45, 7) is 10.9. The van der Waals surface area contributed by atoms with Gasteiger partial charge in [0, 0.05) is 24.7 Å². The van der Waals surface area contributed by atoms with E-state index in [1.165, 1.54) is 0 Å². The van der Waals surface area contributed by atoms with Gasteiger partial charge in [-0.3, -0.25) is 0 Å². The van der Waals surface area contributed by atoms with E-state index in [2.05, 4.69) is 46.8 Å². The van der Waals surface area contributed by atoms with Crippen LogP contribution < -0.4 is 0 Å². The van der Waals surface area contributed by atoms with Crippen LogP contribution in [0.2, 0.25) is 18.1 Å². The number of nitrogens with zero attached hydrogens (tertiary/aromatic N) is 3. The maximum atomic E-state index is 14.7. The minimum Gasteiger partial charge on any atom is -0.410 e. The molecule has 0 spiro atoms. The highest BCUT2D eigenvalue weighted by atomic mass is 79.9. The van der Waals surface area contributed by atoms with Crippen LogP contribution in [0.4, 0.5) is 13.2 Å². The molecule has 0 N–H and O–H groups in total. The first-order valence-corrected chi connectivity index (χ1v) is 14.6. The number of rotatable bonds is 7. The van der Waals surface area contributed by atoms with Crippen molar-refractivity contribution in [3.05, 3.63) is 45.7 Å². The fraction of sp³-hybridized carbons (Fsp3) is 0.636. The molecule has 5 nitrogen and oxygen atoms in total. The summed E-state index contributed by atoms with van der Waals surface area (Å²) in [5, 5.41) is 4.26. The maximum Gasteiger partial charge on any atom is 0.217 e. The molecule has 1 aromatic heterocycles. The van der Waals surface area contributed by atoms with Gasteiger partial charge in [-0.1, -0.05) is 20.8 Å². The molecule has 32 heavy (non-hydrogen) atoms. The Hall–Kier alpha value is -1.23. The lowest BCUT2D eigenvalue weighted by atomic mass is 10.0. The van der Waals surface area contributed by atoms with Crippen molar-refractivity contribution >= 4 is 24.2 Å². The predicted molar refractivity (Wildman–Crippen MR) is 122 cm³/mol. The van der Waals surface area contributed by atoms with Crippen molar-refractivity contribution in [2.45, 2.75) is 83.3 Å². The number of hydrogen-bond donors (Lipinski definition) is 0. The van der Waals surface area contributed by atoms with Crippen LogP contribution >= 0.6 is 15.9 Å². The third-order valence-electron chi connectivity index (χ3n) is 6.35. The number of hydrogen-bond acceptors (Lipinski definition) is 4. The molecule has 2 heterocycles. The van der Waals surface area contributed by atoms with Gasteiger partial charge in [-0.15, -0.1) is 5.10 Å². The van der Waals surface area contributed by atoms with E-state index >= 15 is 0 Å². The third-order valence-corrected chi connectivity index (χ3v) is 11.2. The molecule has 1 saturated heterocycles. The normalized spacial score (nSPS) is 18.7. The topological polar surface area (TPSA) is 49.2 Å². The van der Waals surface area contributed by atoms with E-state index in [1.54, 1.807) is 4.68 Å². The Labute approximate surface area is 197 Å². The fourth-order valence-electron chi connectivity index (χ4n) is 3.53. The Kier molecular flexibility index (Phi) is 7.89. The van der Waals surface area contributed by atoms with Gasteiger partial charge in [0.15, 0.2) is 26.2 Å². The van der Waals surface area contributed by atoms with E-state index in [0.29, 0.717) is 36.1 Å². The van der Waals surface area contributed by atoms with Gasteiger partial charge in [0.25, 0.3) is 0 Å². The van der Waals surface area contributed by atoms with Gasteiger partial charge in [-0.25, -0.2) is 22.8 Å². The van der Waals surface area contributed by atoms with Crippen LogP contribution in [0.5, 0.6) is 0 Å². The number of aromatic nitrogens is 3. The maximum absolute atomic E-state index is 14.7. The summed E-state index contributed by atoms with van der Waals surface area (Å²) >= 11 is 3.33. The first-order chi connectivity index (χ1) is 14.9. The number of aryl methyl sites for hydroxylation is 1. The zero-order valence-corrected chi connectivity index (χ0v) is 21.8. The number of benzene rings is 1. The first-order valence-electron chi connectivity index (χ1n) is 10.9. The van der Waals surface area contributed by atoms with Crippen LogP contribution in [-0.2, 0) is 15.6 Å². The highest BCUT2D eigenvalue weighted by Crippen LogP contribution is 2.41. The standard InChI is InChI=1S/C22H31BrF3N3O2Si/c1-22(2,3)32(4,5)31-17(15-12-14(24)13-16(25)20(15)26)9-10-18-27-21(23)28-29(18)19-8-6-7-11-30-19/h12-13,17,19H,6-11H2,1-5H3. The molecule has 10 heteroatoms. The molecule has 0 aliphatic carbocycles. The molecule has 1 aliphatic rings. The van der Waals surface area contributed by atoms with Crippen molar-refractivity contribution in [2.24, 2.45) is 0 Å². The van der Waals surface area contributed by atoms with Crippen molar-refractivity contribution < 1.29 is 22.3 Å². The molecular formula is C22H31BrF3N3O2Si. The average molecular weight is 534 g/mol. The Morgan fingerprint density at radius 1 is 1.25 bits per heavy atom. The van der Waals surface area contributed by atoms with Gasteiger partial charge in [0.05, 0.1) is 6.10 Å². The second-order valence-electron chi connectivity index (χ2n) is 9.76. The monoisotopic (exact) mass is 533 g/mol. The summed E-state index contributed by atoms with van der Waals surface area (Å²) in [5.74, 6) is -2.46. The highest BCUT2D eigenvalue weighted by Gasteiger charge is 2.40. The first kappa shape index (κ1) is 25.4. The quantitative estimate of drug-likeness (QED) is 0.288. The molecule has 2 unspecified atom stereocenters. The SMILES string of the molecule is CC(C)(C)[Si](C)(C)OC(CCc1nc(Br)nn1C1CCCCO1)c1cc(F)cc(F)c1F. The van der Waals surface area contributed by atoms with Crippen LogP contribution in [0, 0.1) is 17.5 Å². The summed E-state index contributed by atoms with van der Waals surface area (Å²) in [7, 11) is -2.38. The summed E-state index contributed by atoms with van der Waals surface area (Å²) < 4.78 is 57.3. The fourth-order valence-corrected chi connectivity index (χ4v) is 5.21. The average Bonchev–Trinajstić information content (AvgIpc) is 3.08. The van der Waals surface area contributed by atoms with Crippen molar-refractivity contribution in [1.82, 2.24) is 14.8 Å². The Bertz CT molecular complexity index is 943. The van der Waals surface area contributed by atoms with Gasteiger partial charge in [-0.05, 0) is 65.8 Å². The Morgan fingerprint density at radius 3 is 2.59 bits per heavy atom. The van der Waals surface area contributed by atoms with Crippen molar-refractivity contribution in [3.8, 4) is 0 Å². The second-order valence-corrected chi connectivity index (χ2v) is 15.2. The predicted octanol–water partition coefficient (Wildman–Crippen LogP) is 6.85. The van der Waals surface area contributed by atoms with E-state index in [9.17, 15) is 13.2 Å². The largest absolute Gasteiger partial charge is 0.410 e. The molecule has 3 rings (SSSR count). The van der Waals surface area contributed by atoms with Crippen molar-refractivity contribution in [2.75, 3.05) is 6.61 Å². The van der Waals surface area contributed by atoms with Crippen molar-refractivity contribution in [1.29, 1.82) is 0 Å². The van der Waals surface area contributed by atoms with E-state index in [-0.39, 0.29) is 16.8 Å². The summed E-state index contributed by atoms with van der Waals surface area (Å²) in [4.78, 5) is 4.46. The molecule has 0 radical (unpaired) electrons. The third kappa shape index (κ3) is 5.81. The van der Waals surface area contributed by atoms with E-state index in [4.69, 9.17) is 9.16 Å². The summed E-state index contributed by atoms with van der Waals surface area (Å²) in [6, 6.07) is 1.58. The molecular weight excluding hydrogens is 503 g/mol. The lowest BCUT2D eigenvalue weighted by Gasteiger charge is -2.39. The van der Waals surface area contributed by atoms with Crippen LogP contribution in [0.3, 0.4) is 0 Å². The summed E-state index contributed by atoms with van der Waals surface area (Å²) in [6.07, 6.45) is 2.52. The second kappa shape index (κ2) is 9.95.